The van der Waals surface area contributed by atoms with Crippen molar-refractivity contribution in [1.82, 2.24) is 10.3 Å². The molecule has 18 heavy (non-hydrogen) atoms. The highest BCUT2D eigenvalue weighted by molar-refractivity contribution is 5.17. The Morgan fingerprint density at radius 2 is 2.22 bits per heavy atom. The number of aromatic nitrogens is 1. The third kappa shape index (κ3) is 3.58. The molecule has 3 heteroatoms. The van der Waals surface area contributed by atoms with Crippen LogP contribution in [0.25, 0.3) is 0 Å². The second kappa shape index (κ2) is 5.43. The van der Waals surface area contributed by atoms with E-state index in [2.05, 4.69) is 38.0 Å². The largest absolute Gasteiger partial charge is 0.445 e. The van der Waals surface area contributed by atoms with Gasteiger partial charge < -0.3 is 9.73 Å². The Hall–Kier alpha value is -0.830. The lowest BCUT2D eigenvalue weighted by molar-refractivity contribution is 0.430. The van der Waals surface area contributed by atoms with E-state index >= 15 is 0 Å². The molecule has 0 saturated heterocycles. The van der Waals surface area contributed by atoms with E-state index in [0.29, 0.717) is 11.3 Å². The first-order chi connectivity index (χ1) is 8.49. The lowest BCUT2D eigenvalue weighted by Gasteiger charge is -2.05. The minimum atomic E-state index is 0.426. The molecule has 1 N–H and O–H groups in total. The van der Waals surface area contributed by atoms with Crippen molar-refractivity contribution in [2.75, 3.05) is 13.1 Å². The monoisotopic (exact) mass is 250 g/mol. The molecule has 1 aliphatic rings. The van der Waals surface area contributed by atoms with E-state index in [1.807, 2.05) is 6.20 Å². The van der Waals surface area contributed by atoms with Gasteiger partial charge in [0.1, 0.15) is 5.76 Å². The maximum absolute atomic E-state index is 5.83. The average molecular weight is 250 g/mol. The van der Waals surface area contributed by atoms with Crippen LogP contribution in [0.1, 0.15) is 58.1 Å². The lowest BCUT2D eigenvalue weighted by atomic mass is 10.1. The summed E-state index contributed by atoms with van der Waals surface area (Å²) in [6, 6.07) is 0. The van der Waals surface area contributed by atoms with Gasteiger partial charge in [0.2, 0.25) is 0 Å². The summed E-state index contributed by atoms with van der Waals surface area (Å²) in [6.45, 7) is 11.2. The second-order valence-electron chi connectivity index (χ2n) is 6.60. The molecule has 0 bridgehead atoms. The van der Waals surface area contributed by atoms with Crippen molar-refractivity contribution in [3.8, 4) is 0 Å². The number of nitrogens with one attached hydrogen (secondary N) is 1. The van der Waals surface area contributed by atoms with Gasteiger partial charge in [-0.3, -0.25) is 0 Å². The highest BCUT2D eigenvalue weighted by Crippen LogP contribution is 2.58. The van der Waals surface area contributed by atoms with Gasteiger partial charge in [0.05, 0.1) is 6.20 Å². The maximum Gasteiger partial charge on any atom is 0.194 e. The van der Waals surface area contributed by atoms with Gasteiger partial charge >= 0.3 is 0 Å². The molecule has 1 heterocycles. The number of aryl methyl sites for hydroxylation is 1. The summed E-state index contributed by atoms with van der Waals surface area (Å²) in [5, 5.41) is 3.44. The molecule has 1 saturated carbocycles. The van der Waals surface area contributed by atoms with Gasteiger partial charge in [0.25, 0.3) is 0 Å². The first-order valence-corrected chi connectivity index (χ1v) is 7.14. The average Bonchev–Trinajstić information content (AvgIpc) is 2.74. The molecule has 102 valence electrons. The molecule has 3 nitrogen and oxygen atoms in total. The fourth-order valence-corrected chi connectivity index (χ4v) is 2.31. The van der Waals surface area contributed by atoms with E-state index in [1.54, 1.807) is 0 Å². The Bertz CT molecular complexity index is 382. The molecule has 2 rings (SSSR count). The molecule has 0 aromatic carbocycles. The quantitative estimate of drug-likeness (QED) is 0.754. The molecule has 0 spiro atoms. The van der Waals surface area contributed by atoms with E-state index < -0.39 is 0 Å². The normalized spacial score (nSPS) is 21.5. The molecule has 1 unspecified atom stereocenters. The number of hydrogen-bond donors (Lipinski definition) is 1. The van der Waals surface area contributed by atoms with Crippen molar-refractivity contribution in [3.05, 3.63) is 17.8 Å². The van der Waals surface area contributed by atoms with Crippen LogP contribution in [0.2, 0.25) is 0 Å². The van der Waals surface area contributed by atoms with E-state index in [4.69, 9.17) is 4.42 Å². The maximum atomic E-state index is 5.83. The lowest BCUT2D eigenvalue weighted by Crippen LogP contribution is -2.21. The van der Waals surface area contributed by atoms with Crippen LogP contribution in [0.5, 0.6) is 0 Å². The van der Waals surface area contributed by atoms with Crippen LogP contribution in [-0.2, 0) is 6.42 Å². The Balaban J connectivity index is 1.68. The van der Waals surface area contributed by atoms with Crippen molar-refractivity contribution >= 4 is 0 Å². The van der Waals surface area contributed by atoms with Crippen LogP contribution in [0.4, 0.5) is 0 Å². The SMILES string of the molecule is CC(C)CNCCCc1ncc(C2CC2(C)C)o1. The summed E-state index contributed by atoms with van der Waals surface area (Å²) < 4.78 is 5.83. The van der Waals surface area contributed by atoms with Crippen LogP contribution in [0.3, 0.4) is 0 Å². The Morgan fingerprint density at radius 3 is 2.83 bits per heavy atom. The molecule has 0 aliphatic heterocycles. The molecule has 1 aliphatic carbocycles. The topological polar surface area (TPSA) is 38.1 Å². The van der Waals surface area contributed by atoms with Crippen LogP contribution >= 0.6 is 0 Å². The molecular formula is C15H26N2O. The zero-order valence-electron chi connectivity index (χ0n) is 12.1. The second-order valence-corrected chi connectivity index (χ2v) is 6.60. The Morgan fingerprint density at radius 1 is 1.50 bits per heavy atom. The molecule has 1 fully saturated rings. The van der Waals surface area contributed by atoms with Crippen molar-refractivity contribution in [3.63, 3.8) is 0 Å². The van der Waals surface area contributed by atoms with Crippen LogP contribution < -0.4 is 5.32 Å². The zero-order valence-corrected chi connectivity index (χ0v) is 12.1. The molecule has 0 amide bonds. The summed E-state index contributed by atoms with van der Waals surface area (Å²) in [6.07, 6.45) is 5.20. The number of oxazole rings is 1. The minimum absolute atomic E-state index is 0.426. The van der Waals surface area contributed by atoms with E-state index in [9.17, 15) is 0 Å². The van der Waals surface area contributed by atoms with Gasteiger partial charge in [0.15, 0.2) is 5.89 Å². The van der Waals surface area contributed by atoms with Gasteiger partial charge in [-0.15, -0.1) is 0 Å². The smallest absolute Gasteiger partial charge is 0.194 e. The summed E-state index contributed by atoms with van der Waals surface area (Å²) in [5.74, 6) is 3.30. The van der Waals surface area contributed by atoms with Gasteiger partial charge in [-0.1, -0.05) is 27.7 Å². The first-order valence-electron chi connectivity index (χ1n) is 7.14. The molecular weight excluding hydrogens is 224 g/mol. The number of rotatable bonds is 7. The molecule has 1 atom stereocenters. The summed E-state index contributed by atoms with van der Waals surface area (Å²) >= 11 is 0. The zero-order chi connectivity index (χ0) is 13.2. The predicted molar refractivity (Wildman–Crippen MR) is 73.7 cm³/mol. The van der Waals surface area contributed by atoms with E-state index in [0.717, 1.165) is 43.5 Å². The Kier molecular flexibility index (Phi) is 4.10. The van der Waals surface area contributed by atoms with Crippen molar-refractivity contribution in [2.45, 2.75) is 52.9 Å². The van der Waals surface area contributed by atoms with Gasteiger partial charge in [0, 0.05) is 12.3 Å². The third-order valence-electron chi connectivity index (χ3n) is 3.73. The van der Waals surface area contributed by atoms with Crippen LogP contribution in [-0.4, -0.2) is 18.1 Å². The van der Waals surface area contributed by atoms with Crippen LogP contribution in [0.15, 0.2) is 10.6 Å². The molecule has 1 aromatic rings. The summed E-state index contributed by atoms with van der Waals surface area (Å²) in [7, 11) is 0. The van der Waals surface area contributed by atoms with Gasteiger partial charge in [-0.2, -0.15) is 0 Å². The van der Waals surface area contributed by atoms with Gasteiger partial charge in [-0.05, 0) is 37.3 Å². The van der Waals surface area contributed by atoms with E-state index in [1.165, 1.54) is 6.42 Å². The van der Waals surface area contributed by atoms with Crippen LogP contribution in [0, 0.1) is 11.3 Å². The van der Waals surface area contributed by atoms with Gasteiger partial charge in [-0.25, -0.2) is 4.98 Å². The number of nitrogens with zero attached hydrogens (tertiary/aromatic N) is 1. The fraction of sp³-hybridized carbons (Fsp3) is 0.800. The highest BCUT2D eigenvalue weighted by atomic mass is 16.4. The molecule has 1 aromatic heterocycles. The summed E-state index contributed by atoms with van der Waals surface area (Å²) in [5.41, 5.74) is 0.426. The number of hydrogen-bond acceptors (Lipinski definition) is 3. The standard InChI is InChI=1S/C15H26N2O/c1-11(2)9-16-7-5-6-14-17-10-13(18-14)12-8-15(12,3)4/h10-12,16H,5-9H2,1-4H3. The molecule has 0 radical (unpaired) electrons. The third-order valence-corrected chi connectivity index (χ3v) is 3.73. The van der Waals surface area contributed by atoms with Crippen molar-refractivity contribution < 1.29 is 4.42 Å². The Labute approximate surface area is 110 Å². The predicted octanol–water partition coefficient (Wildman–Crippen LogP) is 3.37. The minimum Gasteiger partial charge on any atom is -0.445 e. The van der Waals surface area contributed by atoms with Crippen molar-refractivity contribution in [2.24, 2.45) is 11.3 Å². The van der Waals surface area contributed by atoms with E-state index in [-0.39, 0.29) is 0 Å². The highest BCUT2D eigenvalue weighted by Gasteiger charge is 2.48. The van der Waals surface area contributed by atoms with Crippen molar-refractivity contribution in [1.29, 1.82) is 0 Å². The fourth-order valence-electron chi connectivity index (χ4n) is 2.31. The summed E-state index contributed by atoms with van der Waals surface area (Å²) in [4.78, 5) is 4.38. The first kappa shape index (κ1) is 13.6.